The number of likely N-dealkylation sites (tertiary alicyclic amines) is 1. The highest BCUT2D eigenvalue weighted by Gasteiger charge is 2.31. The van der Waals surface area contributed by atoms with Crippen LogP contribution in [0.1, 0.15) is 37.4 Å². The number of benzene rings is 1. The number of para-hydroxylation sites is 1. The first-order valence-electron chi connectivity index (χ1n) is 13.1. The highest BCUT2D eigenvalue weighted by Crippen LogP contribution is 2.36. The second-order valence-electron chi connectivity index (χ2n) is 10.0. The molecule has 0 radical (unpaired) electrons. The summed E-state index contributed by atoms with van der Waals surface area (Å²) in [4.78, 5) is 28.3. The molecule has 196 valence electrons. The summed E-state index contributed by atoms with van der Waals surface area (Å²) in [7, 11) is 0. The van der Waals surface area contributed by atoms with Crippen molar-refractivity contribution in [1.29, 1.82) is 5.26 Å². The smallest absolute Gasteiger partial charge is 0.264 e. The Morgan fingerprint density at radius 2 is 1.97 bits per heavy atom. The molecular formula is C29H28N8O2. The second-order valence-corrected chi connectivity index (χ2v) is 10.0. The predicted octanol–water partition coefficient (Wildman–Crippen LogP) is 4.59. The highest BCUT2D eigenvalue weighted by molar-refractivity contribution is 5.99. The van der Waals surface area contributed by atoms with Crippen LogP contribution in [0.2, 0.25) is 0 Å². The molecular weight excluding hydrogens is 492 g/mol. The summed E-state index contributed by atoms with van der Waals surface area (Å²) < 4.78 is 7.75. The van der Waals surface area contributed by atoms with E-state index in [4.69, 9.17) is 15.6 Å². The predicted molar refractivity (Wildman–Crippen MR) is 145 cm³/mol. The number of nitriles is 1. The Balaban J connectivity index is 1.33. The summed E-state index contributed by atoms with van der Waals surface area (Å²) in [6.45, 7) is 2.94. The molecule has 6 rings (SSSR count). The lowest BCUT2D eigenvalue weighted by Gasteiger charge is -2.32. The number of carbonyl (C=O) groups excluding carboxylic acids is 1. The third kappa shape index (κ3) is 4.91. The summed E-state index contributed by atoms with van der Waals surface area (Å²) in [6.07, 6.45) is 6.94. The second kappa shape index (κ2) is 10.2. The maximum atomic E-state index is 13.2. The van der Waals surface area contributed by atoms with Crippen LogP contribution in [0.25, 0.3) is 22.3 Å². The quantitative estimate of drug-likeness (QED) is 0.288. The van der Waals surface area contributed by atoms with Gasteiger partial charge in [-0.2, -0.15) is 10.4 Å². The van der Waals surface area contributed by atoms with E-state index < -0.39 is 0 Å². The van der Waals surface area contributed by atoms with Crippen molar-refractivity contribution in [3.63, 3.8) is 0 Å². The Hall–Kier alpha value is -4.78. The van der Waals surface area contributed by atoms with Crippen molar-refractivity contribution >= 4 is 22.8 Å². The number of rotatable bonds is 6. The number of fused-ring (bicyclic) bond motifs is 1. The van der Waals surface area contributed by atoms with E-state index in [9.17, 15) is 10.1 Å². The molecule has 1 aliphatic carbocycles. The van der Waals surface area contributed by atoms with E-state index in [1.807, 2.05) is 54.1 Å². The molecule has 0 spiro atoms. The maximum Gasteiger partial charge on any atom is 0.264 e. The summed E-state index contributed by atoms with van der Waals surface area (Å²) >= 11 is 0. The molecule has 3 aromatic heterocycles. The Kier molecular flexibility index (Phi) is 6.40. The fraction of sp³-hybridized carbons (Fsp3) is 0.310. The van der Waals surface area contributed by atoms with E-state index in [0.29, 0.717) is 53.2 Å². The fourth-order valence-electron chi connectivity index (χ4n) is 5.06. The average Bonchev–Trinajstić information content (AvgIpc) is 3.70. The first kappa shape index (κ1) is 24.6. The molecule has 4 aromatic rings. The molecule has 0 bridgehead atoms. The number of carbonyl (C=O) groups is 1. The van der Waals surface area contributed by atoms with Gasteiger partial charge in [0.05, 0.1) is 17.1 Å². The van der Waals surface area contributed by atoms with Crippen molar-refractivity contribution in [2.45, 2.75) is 38.6 Å². The van der Waals surface area contributed by atoms with Crippen LogP contribution in [-0.2, 0) is 4.79 Å². The van der Waals surface area contributed by atoms with Crippen LogP contribution in [-0.4, -0.2) is 48.6 Å². The van der Waals surface area contributed by atoms with Gasteiger partial charge in [0.15, 0.2) is 5.65 Å². The minimum Gasteiger partial charge on any atom is -0.439 e. The van der Waals surface area contributed by atoms with E-state index in [1.54, 1.807) is 11.0 Å². The van der Waals surface area contributed by atoms with E-state index >= 15 is 0 Å². The monoisotopic (exact) mass is 520 g/mol. The van der Waals surface area contributed by atoms with Gasteiger partial charge in [-0.3, -0.25) is 4.79 Å². The van der Waals surface area contributed by atoms with Crippen LogP contribution in [0.15, 0.2) is 60.4 Å². The zero-order chi connectivity index (χ0) is 26.9. The Labute approximate surface area is 225 Å². The molecule has 1 saturated heterocycles. The molecule has 1 aliphatic heterocycles. The number of hydrogen-bond donors (Lipinski definition) is 1. The van der Waals surface area contributed by atoms with Crippen LogP contribution < -0.4 is 10.5 Å². The molecule has 1 saturated carbocycles. The lowest BCUT2D eigenvalue weighted by molar-refractivity contribution is -0.128. The van der Waals surface area contributed by atoms with Gasteiger partial charge >= 0.3 is 0 Å². The van der Waals surface area contributed by atoms with Gasteiger partial charge in [0.2, 0.25) is 5.88 Å². The Morgan fingerprint density at radius 1 is 1.15 bits per heavy atom. The minimum atomic E-state index is -0.214. The SMILES string of the molecule is Cc1nc(Oc2ccccc2)ccc1-c1nn(C2CCCN(C(=O)C(C#N)=CC3CC3)C2)c2ncnc(N)c12. The summed E-state index contributed by atoms with van der Waals surface area (Å²) in [5.74, 6) is 1.64. The third-order valence-corrected chi connectivity index (χ3v) is 7.20. The van der Waals surface area contributed by atoms with Crippen LogP contribution in [0.3, 0.4) is 0 Å². The van der Waals surface area contributed by atoms with Gasteiger partial charge in [-0.25, -0.2) is 19.6 Å². The van der Waals surface area contributed by atoms with Crippen molar-refractivity contribution < 1.29 is 9.53 Å². The number of nitrogen functional groups attached to an aromatic ring is 1. The van der Waals surface area contributed by atoms with Crippen molar-refractivity contribution in [3.05, 3.63) is 66.1 Å². The van der Waals surface area contributed by atoms with Gasteiger partial charge in [-0.1, -0.05) is 24.3 Å². The van der Waals surface area contributed by atoms with Crippen LogP contribution in [0.4, 0.5) is 5.82 Å². The molecule has 2 aliphatic rings. The molecule has 1 amide bonds. The molecule has 1 aromatic carbocycles. The molecule has 1 atom stereocenters. The van der Waals surface area contributed by atoms with Gasteiger partial charge in [-0.05, 0) is 56.7 Å². The lowest BCUT2D eigenvalue weighted by Crippen LogP contribution is -2.41. The summed E-state index contributed by atoms with van der Waals surface area (Å²) in [5.41, 5.74) is 9.34. The number of allylic oxidation sites excluding steroid dienone is 1. The number of ether oxygens (including phenoxy) is 1. The van der Waals surface area contributed by atoms with Crippen molar-refractivity contribution in [2.75, 3.05) is 18.8 Å². The number of nitrogens with two attached hydrogens (primary N) is 1. The van der Waals surface area contributed by atoms with Gasteiger partial charge in [0.25, 0.3) is 5.91 Å². The summed E-state index contributed by atoms with van der Waals surface area (Å²) in [5, 5.41) is 15.2. The van der Waals surface area contributed by atoms with E-state index in [0.717, 1.165) is 36.9 Å². The standard InChI is InChI=1S/C29H28N8O2/c1-18-23(11-12-24(34-18)39-22-7-3-2-4-8-22)26-25-27(31)32-17-33-28(25)37(35-26)21-6-5-13-36(16-21)29(38)20(15-30)14-19-9-10-19/h2-4,7-8,11-12,14,17,19,21H,5-6,9-10,13,16H2,1H3,(H2,31,32,33). The molecule has 4 heterocycles. The van der Waals surface area contributed by atoms with Crippen molar-refractivity contribution in [2.24, 2.45) is 5.92 Å². The molecule has 2 fully saturated rings. The Morgan fingerprint density at radius 3 is 2.72 bits per heavy atom. The summed E-state index contributed by atoms with van der Waals surface area (Å²) in [6, 6.07) is 15.2. The Bertz CT molecular complexity index is 1620. The molecule has 2 N–H and O–H groups in total. The van der Waals surface area contributed by atoms with E-state index in [1.165, 1.54) is 6.33 Å². The molecule has 10 nitrogen and oxygen atoms in total. The van der Waals surface area contributed by atoms with Gasteiger partial charge < -0.3 is 15.4 Å². The highest BCUT2D eigenvalue weighted by atomic mass is 16.5. The van der Waals surface area contributed by atoms with Crippen molar-refractivity contribution in [1.82, 2.24) is 29.6 Å². The van der Waals surface area contributed by atoms with Crippen LogP contribution >= 0.6 is 0 Å². The number of pyridine rings is 1. The van der Waals surface area contributed by atoms with Gasteiger partial charge in [0.1, 0.15) is 35.2 Å². The number of anilines is 1. The largest absolute Gasteiger partial charge is 0.439 e. The molecule has 39 heavy (non-hydrogen) atoms. The minimum absolute atomic E-state index is 0.122. The number of hydrogen-bond acceptors (Lipinski definition) is 8. The van der Waals surface area contributed by atoms with Crippen LogP contribution in [0, 0.1) is 24.2 Å². The first-order valence-corrected chi connectivity index (χ1v) is 13.1. The molecule has 1 unspecified atom stereocenters. The van der Waals surface area contributed by atoms with Crippen molar-refractivity contribution in [3.8, 4) is 29.0 Å². The average molecular weight is 521 g/mol. The number of aromatic nitrogens is 5. The van der Waals surface area contributed by atoms with Crippen LogP contribution in [0.5, 0.6) is 11.6 Å². The number of aryl methyl sites for hydroxylation is 1. The van der Waals surface area contributed by atoms with Gasteiger partial charge in [-0.15, -0.1) is 0 Å². The lowest BCUT2D eigenvalue weighted by atomic mass is 10.0. The van der Waals surface area contributed by atoms with E-state index in [2.05, 4.69) is 21.0 Å². The van der Waals surface area contributed by atoms with Gasteiger partial charge in [0, 0.05) is 24.7 Å². The van der Waals surface area contributed by atoms with E-state index in [-0.39, 0.29) is 17.5 Å². The number of amides is 1. The zero-order valence-corrected chi connectivity index (χ0v) is 21.6. The molecule has 10 heteroatoms. The normalized spacial score (nSPS) is 17.7. The topological polar surface area (TPSA) is 136 Å². The number of nitrogens with zero attached hydrogens (tertiary/aromatic N) is 7. The number of piperidine rings is 1. The zero-order valence-electron chi connectivity index (χ0n) is 21.6. The maximum absolute atomic E-state index is 13.2. The third-order valence-electron chi connectivity index (χ3n) is 7.20. The first-order chi connectivity index (χ1) is 19.0. The fourth-order valence-corrected chi connectivity index (χ4v) is 5.06.